The average molecular weight is 301 g/mol. The number of thiazole rings is 1. The lowest BCUT2D eigenvalue weighted by Gasteiger charge is -2.16. The third kappa shape index (κ3) is 4.84. The number of rotatable bonds is 6. The van der Waals surface area contributed by atoms with Crippen LogP contribution in [-0.4, -0.2) is 39.2 Å². The van der Waals surface area contributed by atoms with Crippen LogP contribution in [0.4, 0.5) is 4.79 Å². The van der Waals surface area contributed by atoms with Gasteiger partial charge in [-0.1, -0.05) is 0 Å². The number of carbonyl (C=O) groups is 3. The maximum Gasteiger partial charge on any atom is 0.326 e. The van der Waals surface area contributed by atoms with E-state index in [1.165, 1.54) is 11.3 Å². The summed E-state index contributed by atoms with van der Waals surface area (Å²) in [4.78, 5) is 38.0. The molecule has 8 nitrogen and oxygen atoms in total. The lowest BCUT2D eigenvalue weighted by Crippen LogP contribution is -2.47. The van der Waals surface area contributed by atoms with Gasteiger partial charge in [-0.25, -0.2) is 14.6 Å². The fourth-order valence-corrected chi connectivity index (χ4v) is 2.18. The van der Waals surface area contributed by atoms with E-state index in [4.69, 9.17) is 10.2 Å². The van der Waals surface area contributed by atoms with Gasteiger partial charge in [0.25, 0.3) is 0 Å². The smallest absolute Gasteiger partial charge is 0.326 e. The third-order valence-electron chi connectivity index (χ3n) is 2.34. The molecule has 0 aliphatic rings. The van der Waals surface area contributed by atoms with Crippen molar-refractivity contribution in [1.29, 1.82) is 0 Å². The van der Waals surface area contributed by atoms with Crippen molar-refractivity contribution in [2.45, 2.75) is 32.4 Å². The first-order chi connectivity index (χ1) is 9.29. The molecule has 20 heavy (non-hydrogen) atoms. The van der Waals surface area contributed by atoms with Gasteiger partial charge in [0, 0.05) is 11.1 Å². The Labute approximate surface area is 118 Å². The van der Waals surface area contributed by atoms with Gasteiger partial charge >= 0.3 is 18.0 Å². The Morgan fingerprint density at radius 2 is 2.00 bits per heavy atom. The molecule has 1 rings (SSSR count). The van der Waals surface area contributed by atoms with E-state index in [1.807, 2.05) is 6.92 Å². The molecule has 0 saturated carbocycles. The van der Waals surface area contributed by atoms with Crippen LogP contribution < -0.4 is 10.6 Å². The largest absolute Gasteiger partial charge is 0.481 e. The molecule has 0 spiro atoms. The molecule has 1 aromatic rings. The first kappa shape index (κ1) is 15.9. The number of nitrogens with one attached hydrogen (secondary N) is 2. The van der Waals surface area contributed by atoms with E-state index in [1.54, 1.807) is 13.1 Å². The Hall–Kier alpha value is -2.16. The third-order valence-corrected chi connectivity index (χ3v) is 3.43. The van der Waals surface area contributed by atoms with Gasteiger partial charge in [-0.05, 0) is 13.8 Å². The molecule has 0 aliphatic heterocycles. The second kappa shape index (κ2) is 6.85. The molecular weight excluding hydrogens is 286 g/mol. The minimum Gasteiger partial charge on any atom is -0.481 e. The summed E-state index contributed by atoms with van der Waals surface area (Å²) in [7, 11) is 0. The molecule has 9 heteroatoms. The van der Waals surface area contributed by atoms with E-state index < -0.39 is 36.5 Å². The maximum atomic E-state index is 11.6. The van der Waals surface area contributed by atoms with Crippen LogP contribution in [-0.2, 0) is 9.59 Å². The van der Waals surface area contributed by atoms with Crippen molar-refractivity contribution in [3.8, 4) is 0 Å². The molecule has 0 saturated heterocycles. The molecule has 0 aromatic carbocycles. The number of urea groups is 1. The fourth-order valence-electron chi connectivity index (χ4n) is 1.41. The Morgan fingerprint density at radius 1 is 1.35 bits per heavy atom. The minimum absolute atomic E-state index is 0.395. The monoisotopic (exact) mass is 301 g/mol. The number of amides is 2. The van der Waals surface area contributed by atoms with E-state index in [0.29, 0.717) is 5.01 Å². The molecule has 1 heterocycles. The maximum absolute atomic E-state index is 11.6. The van der Waals surface area contributed by atoms with Gasteiger partial charge in [-0.2, -0.15) is 0 Å². The van der Waals surface area contributed by atoms with Crippen LogP contribution in [0.1, 0.15) is 29.3 Å². The van der Waals surface area contributed by atoms with Gasteiger partial charge in [-0.15, -0.1) is 11.3 Å². The second-order valence-corrected chi connectivity index (χ2v) is 5.40. The number of carboxylic acid groups (broad SMARTS) is 2. The number of hydrogen-bond donors (Lipinski definition) is 4. The van der Waals surface area contributed by atoms with Crippen LogP contribution in [0.25, 0.3) is 0 Å². The summed E-state index contributed by atoms with van der Waals surface area (Å²) in [5.41, 5.74) is 0. The molecule has 0 radical (unpaired) electrons. The van der Waals surface area contributed by atoms with Crippen molar-refractivity contribution < 1.29 is 24.6 Å². The molecule has 2 amide bonds. The molecule has 2 atom stereocenters. The van der Waals surface area contributed by atoms with Crippen molar-refractivity contribution in [2.24, 2.45) is 0 Å². The van der Waals surface area contributed by atoms with Crippen LogP contribution in [0.5, 0.6) is 0 Å². The first-order valence-electron chi connectivity index (χ1n) is 5.73. The van der Waals surface area contributed by atoms with Crippen LogP contribution in [0.15, 0.2) is 6.20 Å². The van der Waals surface area contributed by atoms with Crippen LogP contribution >= 0.6 is 11.3 Å². The molecule has 1 aromatic heterocycles. The van der Waals surface area contributed by atoms with Gasteiger partial charge < -0.3 is 20.8 Å². The Balaban J connectivity index is 2.57. The summed E-state index contributed by atoms with van der Waals surface area (Å²) in [6.45, 7) is 3.58. The van der Waals surface area contributed by atoms with Crippen molar-refractivity contribution in [2.75, 3.05) is 0 Å². The summed E-state index contributed by atoms with van der Waals surface area (Å²) in [6, 6.07) is -2.62. The zero-order chi connectivity index (χ0) is 15.3. The normalized spacial score (nSPS) is 13.3. The van der Waals surface area contributed by atoms with Gasteiger partial charge in [0.1, 0.15) is 11.0 Å². The SMILES string of the molecule is Cc1cnc(C(C)NC(=O)N[C@H](CC(=O)O)C(=O)O)s1. The van der Waals surface area contributed by atoms with Crippen molar-refractivity contribution in [3.05, 3.63) is 16.1 Å². The minimum atomic E-state index is -1.47. The number of hydrogen-bond acceptors (Lipinski definition) is 5. The second-order valence-electron chi connectivity index (χ2n) is 4.14. The lowest BCUT2D eigenvalue weighted by molar-refractivity contribution is -0.145. The molecule has 110 valence electrons. The van der Waals surface area contributed by atoms with Gasteiger partial charge in [0.15, 0.2) is 0 Å². The Kier molecular flexibility index (Phi) is 5.44. The van der Waals surface area contributed by atoms with Crippen LogP contribution in [0.3, 0.4) is 0 Å². The van der Waals surface area contributed by atoms with E-state index in [-0.39, 0.29) is 0 Å². The summed E-state index contributed by atoms with van der Waals surface area (Å²) < 4.78 is 0. The lowest BCUT2D eigenvalue weighted by atomic mass is 10.2. The zero-order valence-electron chi connectivity index (χ0n) is 10.9. The number of aryl methyl sites for hydroxylation is 1. The highest BCUT2D eigenvalue weighted by molar-refractivity contribution is 7.11. The van der Waals surface area contributed by atoms with E-state index in [9.17, 15) is 14.4 Å². The van der Waals surface area contributed by atoms with Gasteiger partial charge in [-0.3, -0.25) is 4.79 Å². The Morgan fingerprint density at radius 3 is 2.45 bits per heavy atom. The highest BCUT2D eigenvalue weighted by atomic mass is 32.1. The molecule has 0 fully saturated rings. The molecular formula is C11H15N3O5S. The number of aliphatic carboxylic acids is 2. The summed E-state index contributed by atoms with van der Waals surface area (Å²) in [5, 5.41) is 22.7. The molecule has 4 N–H and O–H groups in total. The quantitative estimate of drug-likeness (QED) is 0.613. The molecule has 0 bridgehead atoms. The molecule has 0 aliphatic carbocycles. The van der Waals surface area contributed by atoms with E-state index in [0.717, 1.165) is 4.88 Å². The molecule has 1 unspecified atom stereocenters. The van der Waals surface area contributed by atoms with Crippen molar-refractivity contribution >= 4 is 29.3 Å². The highest BCUT2D eigenvalue weighted by Crippen LogP contribution is 2.18. The first-order valence-corrected chi connectivity index (χ1v) is 6.55. The fraction of sp³-hybridized carbons (Fsp3) is 0.455. The zero-order valence-corrected chi connectivity index (χ0v) is 11.7. The van der Waals surface area contributed by atoms with E-state index >= 15 is 0 Å². The van der Waals surface area contributed by atoms with Gasteiger partial charge in [0.2, 0.25) is 0 Å². The average Bonchev–Trinajstić information content (AvgIpc) is 2.74. The summed E-state index contributed by atoms with van der Waals surface area (Å²) in [6.07, 6.45) is 0.980. The number of carbonyl (C=O) groups excluding carboxylic acids is 1. The van der Waals surface area contributed by atoms with E-state index in [2.05, 4.69) is 15.6 Å². The standard InChI is InChI=1S/C11H15N3O5S/c1-5-4-12-9(20-5)6(2)13-11(19)14-7(10(17)18)3-8(15)16/h4,6-7H,3H2,1-2H3,(H,15,16)(H,17,18)(H2,13,14,19)/t6?,7-/m1/s1. The van der Waals surface area contributed by atoms with Crippen LogP contribution in [0, 0.1) is 6.92 Å². The van der Waals surface area contributed by atoms with Crippen molar-refractivity contribution in [3.63, 3.8) is 0 Å². The number of aromatic nitrogens is 1. The van der Waals surface area contributed by atoms with Crippen LogP contribution in [0.2, 0.25) is 0 Å². The number of nitrogens with zero attached hydrogens (tertiary/aromatic N) is 1. The Bertz CT molecular complexity index is 516. The highest BCUT2D eigenvalue weighted by Gasteiger charge is 2.24. The van der Waals surface area contributed by atoms with Gasteiger partial charge in [0.05, 0.1) is 12.5 Å². The summed E-state index contributed by atoms with van der Waals surface area (Å²) >= 11 is 1.41. The topological polar surface area (TPSA) is 129 Å². The predicted molar refractivity (Wildman–Crippen MR) is 70.6 cm³/mol. The predicted octanol–water partition coefficient (Wildman–Crippen LogP) is 0.740. The summed E-state index contributed by atoms with van der Waals surface area (Å²) in [5.74, 6) is -2.71. The van der Waals surface area contributed by atoms with Crippen molar-refractivity contribution in [1.82, 2.24) is 15.6 Å². The number of carboxylic acids is 2.